The second-order valence-corrected chi connectivity index (χ2v) is 17.9. The van der Waals surface area contributed by atoms with Crippen molar-refractivity contribution in [1.29, 1.82) is 5.26 Å². The zero-order chi connectivity index (χ0) is 47.0. The van der Waals surface area contributed by atoms with Crippen molar-refractivity contribution >= 4 is 29.2 Å². The number of rotatable bonds is 14. The number of nitrogens with two attached hydrogens (primary N) is 2. The van der Waals surface area contributed by atoms with Crippen molar-refractivity contribution in [1.82, 2.24) is 20.2 Å². The highest BCUT2D eigenvalue weighted by atomic mass is 16.5. The van der Waals surface area contributed by atoms with Crippen LogP contribution in [0.2, 0.25) is 0 Å². The van der Waals surface area contributed by atoms with E-state index < -0.39 is 47.6 Å². The Kier molecular flexibility index (Phi) is 15.9. The molecule has 338 valence electrons. The van der Waals surface area contributed by atoms with Crippen LogP contribution >= 0.6 is 0 Å². The number of aryl methyl sites for hydroxylation is 2. The molecule has 1 unspecified atom stereocenters. The first-order valence-electron chi connectivity index (χ1n) is 21.8. The Morgan fingerprint density at radius 3 is 2.27 bits per heavy atom. The normalized spacial score (nSPS) is 17.6. The molecule has 6 N–H and O–H groups in total. The number of hydrogen-bond donors (Lipinski definition) is 4. The number of ether oxygens (including phenoxy) is 1. The van der Waals surface area contributed by atoms with Gasteiger partial charge in [0.2, 0.25) is 11.8 Å². The highest BCUT2D eigenvalue weighted by Crippen LogP contribution is 2.40. The SMILES string of the molecule is Cc1nc(-c2ccc(C(C)(C)C)cc2)nc(C)c1C(=O)C[C@@H](CCN)C(=O)N(C)[C@@H]1C(=O)C[C@@H](C)C(=O)N[C@H](C(=O)CCC#N)Cc2ccc(OC(C)CN)c(c2)-c2cc1ccc2O. The number of fused-ring (bicyclic) bond motifs is 5. The molecule has 0 radical (unpaired) electrons. The number of aromatic nitrogens is 2. The molecular weight excluding hydrogens is 811 g/mol. The fourth-order valence-electron chi connectivity index (χ4n) is 8.13. The zero-order valence-electron chi connectivity index (χ0n) is 38.2. The second kappa shape index (κ2) is 20.9. The van der Waals surface area contributed by atoms with Gasteiger partial charge in [-0.05, 0) is 86.5 Å². The van der Waals surface area contributed by atoms with Crippen LogP contribution in [0.4, 0.5) is 0 Å². The maximum Gasteiger partial charge on any atom is 0.226 e. The first kappa shape index (κ1) is 48.7. The molecule has 64 heavy (non-hydrogen) atoms. The molecule has 2 heterocycles. The maximum absolute atomic E-state index is 14.7. The van der Waals surface area contributed by atoms with Gasteiger partial charge in [-0.25, -0.2) is 9.97 Å². The van der Waals surface area contributed by atoms with E-state index in [1.165, 1.54) is 18.0 Å². The highest BCUT2D eigenvalue weighted by molar-refractivity contribution is 6.01. The summed E-state index contributed by atoms with van der Waals surface area (Å²) in [6.45, 7) is 13.5. The van der Waals surface area contributed by atoms with Crippen molar-refractivity contribution in [2.45, 2.75) is 111 Å². The summed E-state index contributed by atoms with van der Waals surface area (Å²) in [5, 5.41) is 23.4. The number of likely N-dealkylation sites (N-methyl/N-ethyl adjacent to an activating group) is 1. The number of carbonyl (C=O) groups is 5. The number of nitriles is 1. The van der Waals surface area contributed by atoms with Gasteiger partial charge < -0.3 is 31.5 Å². The summed E-state index contributed by atoms with van der Waals surface area (Å²) in [4.78, 5) is 81.3. The van der Waals surface area contributed by atoms with Gasteiger partial charge in [-0.15, -0.1) is 0 Å². The van der Waals surface area contributed by atoms with E-state index in [0.29, 0.717) is 45.2 Å². The van der Waals surface area contributed by atoms with Gasteiger partial charge in [-0.3, -0.25) is 24.0 Å². The number of amides is 2. The monoisotopic (exact) mass is 871 g/mol. The van der Waals surface area contributed by atoms with E-state index in [9.17, 15) is 34.3 Å². The molecule has 5 atom stereocenters. The molecule has 0 saturated carbocycles. The number of aromatic hydroxyl groups is 1. The smallest absolute Gasteiger partial charge is 0.226 e. The lowest BCUT2D eigenvalue weighted by Crippen LogP contribution is -2.46. The molecule has 1 aliphatic heterocycles. The van der Waals surface area contributed by atoms with Crippen molar-refractivity contribution in [2.75, 3.05) is 20.1 Å². The molecule has 14 nitrogen and oxygen atoms in total. The van der Waals surface area contributed by atoms with Gasteiger partial charge >= 0.3 is 0 Å². The molecule has 4 bridgehead atoms. The predicted molar refractivity (Wildman–Crippen MR) is 244 cm³/mol. The Morgan fingerprint density at radius 1 is 0.984 bits per heavy atom. The van der Waals surface area contributed by atoms with Crippen LogP contribution in [0.25, 0.3) is 22.5 Å². The Morgan fingerprint density at radius 2 is 1.66 bits per heavy atom. The first-order chi connectivity index (χ1) is 30.3. The summed E-state index contributed by atoms with van der Waals surface area (Å²) < 4.78 is 6.19. The zero-order valence-corrected chi connectivity index (χ0v) is 38.2. The van der Waals surface area contributed by atoms with Crippen molar-refractivity contribution in [3.8, 4) is 40.1 Å². The van der Waals surface area contributed by atoms with Crippen LogP contribution in [0.3, 0.4) is 0 Å². The second-order valence-electron chi connectivity index (χ2n) is 17.9. The fraction of sp³-hybridized carbons (Fsp3) is 0.440. The Hall–Kier alpha value is -6.30. The lowest BCUT2D eigenvalue weighted by molar-refractivity contribution is -0.142. The summed E-state index contributed by atoms with van der Waals surface area (Å²) in [6, 6.07) is 17.4. The van der Waals surface area contributed by atoms with Gasteiger partial charge in [-0.2, -0.15) is 5.26 Å². The number of nitrogens with one attached hydrogen (secondary N) is 1. The van der Waals surface area contributed by atoms with E-state index in [4.69, 9.17) is 26.2 Å². The van der Waals surface area contributed by atoms with Crippen LogP contribution in [-0.4, -0.2) is 81.4 Å². The standard InChI is InChI=1S/C50H61N7O7/c1-28-22-43(61)46(57(8)49(63)35(19-21-52)26-42(60)45-30(3)54-47(55-31(45)4)33-12-15-36(16-13-33)50(5,6)7)34-14-17-40(58)37(25-34)38-23-32(11-18-44(38)64-29(2)27-53)24-39(56-48(28)62)41(59)10-9-20-51/h11-18,23,25,28-29,35,39,46,58H,9-10,19,21-22,24,26-27,52-53H2,1-8H3,(H,56,62)/t28-,29?,35-,39+,46+/m1/s1. The summed E-state index contributed by atoms with van der Waals surface area (Å²) in [5.41, 5.74) is 16.8. The van der Waals surface area contributed by atoms with Gasteiger partial charge in [0, 0.05) is 67.8 Å². The topological polar surface area (TPSA) is 232 Å². The molecule has 0 saturated heterocycles. The Bertz CT molecular complexity index is 2410. The van der Waals surface area contributed by atoms with Crippen LogP contribution in [0.1, 0.15) is 111 Å². The predicted octanol–water partition coefficient (Wildman–Crippen LogP) is 6.40. The lowest BCUT2D eigenvalue weighted by Gasteiger charge is -2.32. The molecule has 3 aromatic carbocycles. The molecule has 1 aromatic heterocycles. The Labute approximate surface area is 375 Å². The first-order valence-corrected chi connectivity index (χ1v) is 21.8. The third-order valence-electron chi connectivity index (χ3n) is 11.8. The third kappa shape index (κ3) is 11.4. The molecule has 5 rings (SSSR count). The van der Waals surface area contributed by atoms with Crippen LogP contribution in [0.15, 0.2) is 60.7 Å². The quantitative estimate of drug-likeness (QED) is 0.101. The molecule has 4 aromatic rings. The Balaban J connectivity index is 1.54. The molecule has 0 fully saturated rings. The highest BCUT2D eigenvalue weighted by Gasteiger charge is 2.36. The van der Waals surface area contributed by atoms with Gasteiger partial charge in [-0.1, -0.05) is 64.1 Å². The van der Waals surface area contributed by atoms with E-state index in [-0.39, 0.29) is 79.9 Å². The van der Waals surface area contributed by atoms with Crippen molar-refractivity contribution in [2.24, 2.45) is 23.3 Å². The summed E-state index contributed by atoms with van der Waals surface area (Å²) >= 11 is 0. The van der Waals surface area contributed by atoms with E-state index in [1.54, 1.807) is 58.0 Å². The molecular formula is C50H61N7O7. The van der Waals surface area contributed by atoms with Crippen LogP contribution in [0, 0.1) is 37.0 Å². The molecule has 1 aliphatic rings. The van der Waals surface area contributed by atoms with E-state index in [1.807, 2.05) is 30.3 Å². The third-order valence-corrected chi connectivity index (χ3v) is 11.8. The van der Waals surface area contributed by atoms with Crippen LogP contribution < -0.4 is 21.5 Å². The van der Waals surface area contributed by atoms with Crippen LogP contribution in [0.5, 0.6) is 11.5 Å². The van der Waals surface area contributed by atoms with E-state index in [0.717, 1.165) is 11.1 Å². The number of phenols is 1. The van der Waals surface area contributed by atoms with Gasteiger partial charge in [0.05, 0.1) is 29.1 Å². The minimum absolute atomic E-state index is 0.0315. The minimum atomic E-state index is -1.28. The molecule has 0 spiro atoms. The molecule has 2 amide bonds. The maximum atomic E-state index is 14.7. The average Bonchev–Trinajstić information content (AvgIpc) is 3.25. The van der Waals surface area contributed by atoms with E-state index in [2.05, 4.69) is 26.1 Å². The van der Waals surface area contributed by atoms with Crippen molar-refractivity contribution in [3.05, 3.63) is 94.3 Å². The van der Waals surface area contributed by atoms with Gasteiger partial charge in [0.25, 0.3) is 0 Å². The minimum Gasteiger partial charge on any atom is -0.507 e. The number of Topliss-reactive ketones (excluding diaryl/α,β-unsaturated/α-hetero) is 3. The summed E-state index contributed by atoms with van der Waals surface area (Å²) in [7, 11) is 1.47. The lowest BCUT2D eigenvalue weighted by atomic mass is 9.86. The largest absolute Gasteiger partial charge is 0.507 e. The average molecular weight is 872 g/mol. The van der Waals surface area contributed by atoms with Gasteiger partial charge in [0.1, 0.15) is 23.6 Å². The number of phenolic OH excluding ortho intramolecular Hbond substituents is 1. The van der Waals surface area contributed by atoms with Gasteiger partial charge in [0.15, 0.2) is 23.2 Å². The van der Waals surface area contributed by atoms with Crippen molar-refractivity contribution < 1.29 is 33.8 Å². The number of hydrogen-bond acceptors (Lipinski definition) is 12. The number of carbonyl (C=O) groups excluding carboxylic acids is 5. The van der Waals surface area contributed by atoms with Crippen molar-refractivity contribution in [3.63, 3.8) is 0 Å². The molecule has 0 aliphatic carbocycles. The number of benzene rings is 3. The fourth-order valence-corrected chi connectivity index (χ4v) is 8.13. The number of nitrogens with zero attached hydrogens (tertiary/aromatic N) is 4. The van der Waals surface area contributed by atoms with Crippen LogP contribution in [-0.2, 0) is 31.0 Å². The molecule has 14 heteroatoms. The van der Waals surface area contributed by atoms with E-state index >= 15 is 0 Å². The number of ketones is 3. The summed E-state index contributed by atoms with van der Waals surface area (Å²) in [5.74, 6) is -3.46. The summed E-state index contributed by atoms with van der Waals surface area (Å²) in [6.07, 6.45) is -0.924.